The quantitative estimate of drug-likeness (QED) is 0.609. The first kappa shape index (κ1) is 17.2. The number of alkyl halides is 3. The second kappa shape index (κ2) is 5.86. The van der Waals surface area contributed by atoms with Crippen LogP contribution in [-0.4, -0.2) is 46.2 Å². The third-order valence-corrected chi connectivity index (χ3v) is 4.91. The SMILES string of the molecule is COS(=O)(=O)C(OC(=O)C(F)(F)F)C1(C)CCNCC1. The number of nitrogens with one attached hydrogen (secondary N) is 1. The lowest BCUT2D eigenvalue weighted by molar-refractivity contribution is -0.206. The fourth-order valence-electron chi connectivity index (χ4n) is 2.03. The van der Waals surface area contributed by atoms with Crippen LogP contribution >= 0.6 is 0 Å². The van der Waals surface area contributed by atoms with Gasteiger partial charge in [-0.25, -0.2) is 4.79 Å². The Morgan fingerprint density at radius 1 is 1.30 bits per heavy atom. The summed E-state index contributed by atoms with van der Waals surface area (Å²) < 4.78 is 68.8. The highest BCUT2D eigenvalue weighted by atomic mass is 32.2. The molecule has 0 radical (unpaired) electrons. The highest BCUT2D eigenvalue weighted by Crippen LogP contribution is 2.38. The summed E-state index contributed by atoms with van der Waals surface area (Å²) in [6.07, 6.45) is -4.78. The Bertz CT molecular complexity index is 456. The van der Waals surface area contributed by atoms with E-state index in [0.717, 1.165) is 7.11 Å². The number of halogens is 3. The molecule has 6 nitrogen and oxygen atoms in total. The molecule has 0 aliphatic carbocycles. The van der Waals surface area contributed by atoms with Crippen molar-refractivity contribution in [1.82, 2.24) is 5.32 Å². The number of carbonyl (C=O) groups is 1. The lowest BCUT2D eigenvalue weighted by atomic mass is 9.81. The molecule has 1 fully saturated rings. The van der Waals surface area contributed by atoms with Crippen LogP contribution in [0.1, 0.15) is 19.8 Å². The maximum absolute atomic E-state index is 12.3. The molecular weight excluding hydrogens is 303 g/mol. The summed E-state index contributed by atoms with van der Waals surface area (Å²) in [4.78, 5) is 10.9. The smallest absolute Gasteiger partial charge is 0.436 e. The normalized spacial score (nSPS) is 21.2. The fourth-order valence-corrected chi connectivity index (χ4v) is 3.35. The van der Waals surface area contributed by atoms with E-state index in [4.69, 9.17) is 0 Å². The van der Waals surface area contributed by atoms with Crippen LogP contribution in [0.2, 0.25) is 0 Å². The van der Waals surface area contributed by atoms with Crippen LogP contribution in [-0.2, 0) is 23.8 Å². The first-order chi connectivity index (χ1) is 9.03. The number of esters is 1. The molecule has 1 unspecified atom stereocenters. The molecule has 0 aromatic carbocycles. The molecule has 0 spiro atoms. The first-order valence-corrected chi connectivity index (χ1v) is 7.28. The lowest BCUT2D eigenvalue weighted by Crippen LogP contribution is -2.49. The van der Waals surface area contributed by atoms with Crippen LogP contribution in [0.3, 0.4) is 0 Å². The predicted molar refractivity (Wildman–Crippen MR) is 62.1 cm³/mol. The van der Waals surface area contributed by atoms with E-state index in [1.165, 1.54) is 6.92 Å². The maximum Gasteiger partial charge on any atom is 0.490 e. The number of hydrogen-bond donors (Lipinski definition) is 1. The van der Waals surface area contributed by atoms with E-state index in [1.807, 2.05) is 0 Å². The molecule has 0 amide bonds. The van der Waals surface area contributed by atoms with E-state index in [1.54, 1.807) is 0 Å². The van der Waals surface area contributed by atoms with Gasteiger partial charge in [0, 0.05) is 5.41 Å². The molecule has 1 heterocycles. The van der Waals surface area contributed by atoms with Gasteiger partial charge in [0.15, 0.2) is 0 Å². The van der Waals surface area contributed by atoms with Gasteiger partial charge in [-0.2, -0.15) is 21.6 Å². The Morgan fingerprint density at radius 2 is 1.80 bits per heavy atom. The molecule has 1 aliphatic heterocycles. The zero-order valence-corrected chi connectivity index (χ0v) is 11.8. The summed E-state index contributed by atoms with van der Waals surface area (Å²) in [5.41, 5.74) is -3.13. The molecule has 0 aromatic rings. The zero-order valence-electron chi connectivity index (χ0n) is 11.0. The summed E-state index contributed by atoms with van der Waals surface area (Å²) in [6, 6.07) is 0. The molecule has 1 N–H and O–H groups in total. The Balaban J connectivity index is 3.07. The highest BCUT2D eigenvalue weighted by Gasteiger charge is 2.51. The van der Waals surface area contributed by atoms with Gasteiger partial charge in [-0.1, -0.05) is 6.92 Å². The molecule has 1 rings (SSSR count). The Labute approximate surface area is 114 Å². The maximum atomic E-state index is 12.3. The number of ether oxygens (including phenoxy) is 1. The van der Waals surface area contributed by atoms with Gasteiger partial charge < -0.3 is 10.1 Å². The van der Waals surface area contributed by atoms with Crippen molar-refractivity contribution in [2.24, 2.45) is 5.41 Å². The summed E-state index contributed by atoms with van der Waals surface area (Å²) in [5.74, 6) is -2.54. The van der Waals surface area contributed by atoms with Gasteiger partial charge in [-0.05, 0) is 25.9 Å². The average molecular weight is 319 g/mol. The van der Waals surface area contributed by atoms with Crippen LogP contribution in [0.25, 0.3) is 0 Å². The summed E-state index contributed by atoms with van der Waals surface area (Å²) in [7, 11) is -3.63. The summed E-state index contributed by atoms with van der Waals surface area (Å²) >= 11 is 0. The van der Waals surface area contributed by atoms with Gasteiger partial charge in [-0.15, -0.1) is 0 Å². The Hall–Kier alpha value is -0.870. The van der Waals surface area contributed by atoms with E-state index in [9.17, 15) is 26.4 Å². The van der Waals surface area contributed by atoms with Gasteiger partial charge in [0.25, 0.3) is 0 Å². The van der Waals surface area contributed by atoms with Crippen molar-refractivity contribution in [3.05, 3.63) is 0 Å². The van der Waals surface area contributed by atoms with Crippen molar-refractivity contribution in [2.45, 2.75) is 31.4 Å². The highest BCUT2D eigenvalue weighted by molar-refractivity contribution is 7.87. The second-order valence-corrected chi connectivity index (χ2v) is 6.55. The van der Waals surface area contributed by atoms with Gasteiger partial charge in [0.2, 0.25) is 5.44 Å². The van der Waals surface area contributed by atoms with Crippen LogP contribution in [0.5, 0.6) is 0 Å². The Morgan fingerprint density at radius 3 is 2.20 bits per heavy atom. The van der Waals surface area contributed by atoms with Gasteiger partial charge in [-0.3, -0.25) is 4.18 Å². The van der Waals surface area contributed by atoms with Gasteiger partial charge >= 0.3 is 22.3 Å². The minimum absolute atomic E-state index is 0.241. The minimum Gasteiger partial charge on any atom is -0.436 e. The van der Waals surface area contributed by atoms with E-state index < -0.39 is 33.1 Å². The average Bonchev–Trinajstić information content (AvgIpc) is 2.35. The number of carbonyl (C=O) groups excluding carboxylic acids is 1. The van der Waals surface area contributed by atoms with E-state index >= 15 is 0 Å². The second-order valence-electron chi connectivity index (χ2n) is 4.80. The molecule has 1 atom stereocenters. The summed E-state index contributed by atoms with van der Waals surface area (Å²) in [5, 5.41) is 2.95. The first-order valence-electron chi connectivity index (χ1n) is 5.81. The monoisotopic (exact) mass is 319 g/mol. The number of rotatable bonds is 4. The lowest BCUT2D eigenvalue weighted by Gasteiger charge is -2.38. The van der Waals surface area contributed by atoms with Gasteiger partial charge in [0.05, 0.1) is 7.11 Å². The van der Waals surface area contributed by atoms with Crippen LogP contribution in [0.4, 0.5) is 13.2 Å². The van der Waals surface area contributed by atoms with Crippen LogP contribution in [0, 0.1) is 5.41 Å². The van der Waals surface area contributed by atoms with E-state index in [2.05, 4.69) is 14.2 Å². The van der Waals surface area contributed by atoms with Crippen molar-refractivity contribution >= 4 is 16.1 Å². The molecule has 0 aromatic heterocycles. The predicted octanol–water partition coefficient (Wildman–Crippen LogP) is 0.784. The molecule has 0 saturated carbocycles. The molecule has 10 heteroatoms. The van der Waals surface area contributed by atoms with Crippen molar-refractivity contribution in [3.63, 3.8) is 0 Å². The minimum atomic E-state index is -5.26. The Kier molecular flexibility index (Phi) is 5.03. The zero-order chi connectivity index (χ0) is 15.6. The third-order valence-electron chi connectivity index (χ3n) is 3.25. The fraction of sp³-hybridized carbons (Fsp3) is 0.900. The van der Waals surface area contributed by atoms with Crippen molar-refractivity contribution in [3.8, 4) is 0 Å². The van der Waals surface area contributed by atoms with E-state index in [-0.39, 0.29) is 12.8 Å². The molecule has 0 bridgehead atoms. The molecule has 20 heavy (non-hydrogen) atoms. The van der Waals surface area contributed by atoms with E-state index in [0.29, 0.717) is 13.1 Å². The molecule has 118 valence electrons. The van der Waals surface area contributed by atoms with Crippen molar-refractivity contribution in [2.75, 3.05) is 20.2 Å². The van der Waals surface area contributed by atoms with Crippen molar-refractivity contribution in [1.29, 1.82) is 0 Å². The summed E-state index contributed by atoms with van der Waals surface area (Å²) in [6.45, 7) is 2.28. The molecular formula is C10H16F3NO5S. The molecule has 1 saturated heterocycles. The largest absolute Gasteiger partial charge is 0.490 e. The van der Waals surface area contributed by atoms with Crippen molar-refractivity contribution < 1.29 is 35.3 Å². The van der Waals surface area contributed by atoms with Crippen LogP contribution < -0.4 is 5.32 Å². The number of hydrogen-bond acceptors (Lipinski definition) is 6. The number of piperidine rings is 1. The van der Waals surface area contributed by atoms with Crippen LogP contribution in [0.15, 0.2) is 0 Å². The topological polar surface area (TPSA) is 81.7 Å². The molecule has 1 aliphatic rings. The standard InChI is InChI=1S/C10H16F3NO5S/c1-9(3-5-14-6-4-9)8(20(16,17)18-2)19-7(15)10(11,12)13/h8,14H,3-6H2,1-2H3. The van der Waals surface area contributed by atoms with Gasteiger partial charge in [0.1, 0.15) is 0 Å². The third kappa shape index (κ3) is 3.83.